The molecule has 1 aromatic carbocycles. The van der Waals surface area contributed by atoms with Crippen molar-refractivity contribution in [1.82, 2.24) is 5.01 Å². The van der Waals surface area contributed by atoms with Gasteiger partial charge in [0, 0.05) is 25.2 Å². The molecule has 0 bridgehead atoms. The number of nitrogens with zero attached hydrogens (tertiary/aromatic N) is 4. The van der Waals surface area contributed by atoms with E-state index in [9.17, 15) is 10.1 Å². The minimum atomic E-state index is -1.50. The maximum Gasteiger partial charge on any atom is 0.270 e. The Balaban J connectivity index is 2.28. The highest BCUT2D eigenvalue weighted by molar-refractivity contribution is 6.83. The minimum Gasteiger partial charge on any atom is -0.278 e. The van der Waals surface area contributed by atoms with Gasteiger partial charge >= 0.3 is 0 Å². The van der Waals surface area contributed by atoms with Crippen LogP contribution in [0.15, 0.2) is 28.5 Å². The highest BCUT2D eigenvalue weighted by Crippen LogP contribution is 2.25. The van der Waals surface area contributed by atoms with Gasteiger partial charge in [-0.05, 0) is 37.2 Å². The van der Waals surface area contributed by atoms with E-state index in [4.69, 9.17) is 0 Å². The lowest BCUT2D eigenvalue weighted by Crippen LogP contribution is -2.23. The van der Waals surface area contributed by atoms with Gasteiger partial charge in [-0.1, -0.05) is 30.8 Å². The van der Waals surface area contributed by atoms with Gasteiger partial charge < -0.3 is 0 Å². The lowest BCUT2D eigenvalue weighted by Gasteiger charge is -2.21. The van der Waals surface area contributed by atoms with E-state index in [1.807, 2.05) is 5.01 Å². The Labute approximate surface area is 149 Å². The fourth-order valence-electron chi connectivity index (χ4n) is 2.22. The van der Waals surface area contributed by atoms with E-state index in [1.165, 1.54) is 18.6 Å². The van der Waals surface area contributed by atoms with Crippen LogP contribution in [0.5, 0.6) is 0 Å². The smallest absolute Gasteiger partial charge is 0.270 e. The van der Waals surface area contributed by atoms with Crippen molar-refractivity contribution in [3.8, 4) is 23.3 Å². The fourth-order valence-corrected chi connectivity index (χ4v) is 2.66. The fraction of sp³-hybridized carbons (Fsp3) is 0.444. The van der Waals surface area contributed by atoms with Crippen LogP contribution in [-0.2, 0) is 0 Å². The predicted octanol–water partition coefficient (Wildman–Crippen LogP) is 4.31. The third-order valence-corrected chi connectivity index (χ3v) is 4.37. The monoisotopic (exact) mass is 354 g/mol. The quantitative estimate of drug-likeness (QED) is 0.267. The van der Waals surface area contributed by atoms with E-state index >= 15 is 0 Å². The topological polar surface area (TPSA) is 71.1 Å². The summed E-state index contributed by atoms with van der Waals surface area (Å²) in [5.41, 5.74) is 4.14. The van der Waals surface area contributed by atoms with Gasteiger partial charge in [0.25, 0.3) is 5.69 Å². The van der Waals surface area contributed by atoms with E-state index in [2.05, 4.69) is 53.3 Å². The van der Waals surface area contributed by atoms with Gasteiger partial charge in [0.15, 0.2) is 0 Å². The Hall–Kier alpha value is -2.64. The summed E-state index contributed by atoms with van der Waals surface area (Å²) in [5, 5.41) is 21.4. The average molecular weight is 354 g/mol. The second-order valence-electron chi connectivity index (χ2n) is 6.91. The van der Waals surface area contributed by atoms with Crippen molar-refractivity contribution in [3.05, 3.63) is 33.9 Å². The van der Waals surface area contributed by atoms with E-state index in [0.717, 1.165) is 25.9 Å². The van der Waals surface area contributed by atoms with Gasteiger partial charge in [0.1, 0.15) is 13.8 Å². The largest absolute Gasteiger partial charge is 0.278 e. The molecule has 0 N–H and O–H groups in total. The van der Waals surface area contributed by atoms with Crippen LogP contribution in [-0.4, -0.2) is 31.1 Å². The second-order valence-corrected chi connectivity index (χ2v) is 11.7. The summed E-state index contributed by atoms with van der Waals surface area (Å²) in [5.74, 6) is 8.53. The molecular formula is C18H22N4O2Si. The number of nitro groups is 1. The normalized spacial score (nSPS) is 14.4. The van der Waals surface area contributed by atoms with Gasteiger partial charge in [0.2, 0.25) is 0 Å². The molecule has 2 rings (SSSR count). The highest BCUT2D eigenvalue weighted by atomic mass is 28.3. The van der Waals surface area contributed by atoms with Gasteiger partial charge in [-0.2, -0.15) is 0 Å². The van der Waals surface area contributed by atoms with Crippen LogP contribution in [0.1, 0.15) is 24.8 Å². The first-order chi connectivity index (χ1) is 11.8. The summed E-state index contributed by atoms with van der Waals surface area (Å²) >= 11 is 0. The number of hydrogen-bond donors (Lipinski definition) is 0. The summed E-state index contributed by atoms with van der Waals surface area (Å²) in [6.07, 6.45) is 3.44. The Kier molecular flexibility index (Phi) is 6.32. The predicted molar refractivity (Wildman–Crippen MR) is 101 cm³/mol. The van der Waals surface area contributed by atoms with Gasteiger partial charge in [0.05, 0.1) is 10.5 Å². The van der Waals surface area contributed by atoms with Crippen molar-refractivity contribution in [2.45, 2.75) is 38.9 Å². The number of piperidine rings is 1. The zero-order chi connectivity index (χ0) is 18.3. The van der Waals surface area contributed by atoms with Crippen molar-refractivity contribution in [3.63, 3.8) is 0 Å². The molecule has 1 aliphatic rings. The number of benzene rings is 1. The van der Waals surface area contributed by atoms with Crippen LogP contribution >= 0.6 is 0 Å². The molecule has 0 aromatic heterocycles. The van der Waals surface area contributed by atoms with Crippen molar-refractivity contribution in [2.24, 2.45) is 10.3 Å². The molecule has 0 atom stereocenters. The molecule has 1 heterocycles. The molecule has 130 valence electrons. The molecule has 0 spiro atoms. The molecule has 0 saturated carbocycles. The molecular weight excluding hydrogens is 332 g/mol. The summed E-state index contributed by atoms with van der Waals surface area (Å²) in [4.78, 5) is 10.6. The molecule has 1 saturated heterocycles. The lowest BCUT2D eigenvalue weighted by molar-refractivity contribution is -0.384. The van der Waals surface area contributed by atoms with Crippen LogP contribution in [0.3, 0.4) is 0 Å². The van der Waals surface area contributed by atoms with Crippen molar-refractivity contribution in [2.75, 3.05) is 13.1 Å². The summed E-state index contributed by atoms with van der Waals surface area (Å²) in [7, 11) is -1.50. The zero-order valence-electron chi connectivity index (χ0n) is 14.9. The lowest BCUT2D eigenvalue weighted by atomic mass is 10.1. The number of non-ortho nitro benzene ring substituents is 1. The maximum atomic E-state index is 11.0. The molecule has 0 amide bonds. The average Bonchev–Trinajstić information content (AvgIpc) is 2.57. The Morgan fingerprint density at radius 2 is 1.88 bits per heavy atom. The Morgan fingerprint density at radius 3 is 2.52 bits per heavy atom. The molecule has 1 fully saturated rings. The van der Waals surface area contributed by atoms with Crippen LogP contribution in [0, 0.1) is 33.4 Å². The minimum absolute atomic E-state index is 0.0145. The molecule has 25 heavy (non-hydrogen) atoms. The van der Waals surface area contributed by atoms with Crippen LogP contribution in [0.25, 0.3) is 0 Å². The standard InChI is InChI=1S/C18H22N4O2Si/c1-25(2,3)14-8-5-9-16-15-17(22(23)24)10-11-18(16)19-20-21-12-6-4-7-13-21/h10-11,15H,4,6-7,12-13H2,1-3H3. The molecule has 0 aliphatic carbocycles. The Morgan fingerprint density at radius 1 is 1.16 bits per heavy atom. The number of nitro benzene ring substituents is 1. The molecule has 6 nitrogen and oxygen atoms in total. The molecule has 7 heteroatoms. The molecule has 0 unspecified atom stereocenters. The van der Waals surface area contributed by atoms with Gasteiger partial charge in [-0.3, -0.25) is 15.1 Å². The number of rotatable bonds is 3. The van der Waals surface area contributed by atoms with Crippen molar-refractivity contribution >= 4 is 19.4 Å². The van der Waals surface area contributed by atoms with Crippen molar-refractivity contribution in [1.29, 1.82) is 0 Å². The Bertz CT molecular complexity index is 785. The van der Waals surface area contributed by atoms with Gasteiger partial charge in [-0.15, -0.1) is 10.7 Å². The first-order valence-corrected chi connectivity index (χ1v) is 11.8. The summed E-state index contributed by atoms with van der Waals surface area (Å²) in [6.45, 7) is 8.17. The number of hydrogen-bond acceptors (Lipinski definition) is 4. The van der Waals surface area contributed by atoms with Crippen molar-refractivity contribution < 1.29 is 4.92 Å². The third kappa shape index (κ3) is 6.40. The highest BCUT2D eigenvalue weighted by Gasteiger charge is 2.11. The van der Waals surface area contributed by atoms with E-state index in [-0.39, 0.29) is 5.69 Å². The first kappa shape index (κ1) is 18.7. The SMILES string of the molecule is C[Si](C)(C)C#CC#Cc1cc([N+](=O)[O-])ccc1N=NN1CCCCC1. The van der Waals surface area contributed by atoms with Crippen LogP contribution in [0.2, 0.25) is 19.6 Å². The zero-order valence-corrected chi connectivity index (χ0v) is 15.9. The first-order valence-electron chi connectivity index (χ1n) is 8.33. The molecule has 1 aliphatic heterocycles. The van der Waals surface area contributed by atoms with E-state index < -0.39 is 13.0 Å². The van der Waals surface area contributed by atoms with Crippen LogP contribution < -0.4 is 0 Å². The van der Waals surface area contributed by atoms with Crippen LogP contribution in [0.4, 0.5) is 11.4 Å². The van der Waals surface area contributed by atoms with E-state index in [0.29, 0.717) is 11.3 Å². The van der Waals surface area contributed by atoms with E-state index in [1.54, 1.807) is 6.07 Å². The third-order valence-electron chi connectivity index (χ3n) is 3.50. The summed E-state index contributed by atoms with van der Waals surface area (Å²) < 4.78 is 0. The molecule has 1 aromatic rings. The second kappa shape index (κ2) is 8.45. The summed E-state index contributed by atoms with van der Waals surface area (Å²) in [6, 6.07) is 4.43. The molecule has 0 radical (unpaired) electrons. The maximum absolute atomic E-state index is 11.0. The van der Waals surface area contributed by atoms with Gasteiger partial charge in [-0.25, -0.2) is 0 Å².